The van der Waals surface area contributed by atoms with Gasteiger partial charge in [-0.05, 0) is 30.3 Å². The molecule has 0 radical (unpaired) electrons. The fourth-order valence-electron chi connectivity index (χ4n) is 1.47. The lowest BCUT2D eigenvalue weighted by Gasteiger charge is -2.03. The number of rotatable bonds is 2. The van der Waals surface area contributed by atoms with Gasteiger partial charge < -0.3 is 10.1 Å². The van der Waals surface area contributed by atoms with Gasteiger partial charge in [0.1, 0.15) is 5.82 Å². The van der Waals surface area contributed by atoms with Crippen molar-refractivity contribution in [3.05, 3.63) is 41.7 Å². The Hall–Kier alpha value is -1.75. The van der Waals surface area contributed by atoms with Crippen LogP contribution in [0.3, 0.4) is 0 Å². The normalized spacial score (nSPS) is 10.4. The van der Waals surface area contributed by atoms with E-state index >= 15 is 0 Å². The first kappa shape index (κ1) is 10.8. The van der Waals surface area contributed by atoms with Crippen LogP contribution in [0.5, 0.6) is 0 Å². The molecule has 0 aliphatic rings. The Morgan fingerprint density at radius 1 is 1.31 bits per heavy atom. The van der Waals surface area contributed by atoms with Crippen LogP contribution in [0.15, 0.2) is 35.4 Å². The van der Waals surface area contributed by atoms with Gasteiger partial charge in [0, 0.05) is 11.3 Å². The second-order valence-corrected chi connectivity index (χ2v) is 3.73. The summed E-state index contributed by atoms with van der Waals surface area (Å²) in [5.41, 5.74) is 0.965. The van der Waals surface area contributed by atoms with Gasteiger partial charge in [0.2, 0.25) is 0 Å². The summed E-state index contributed by atoms with van der Waals surface area (Å²) in [7, 11) is 0. The van der Waals surface area contributed by atoms with Crippen molar-refractivity contribution in [2.24, 2.45) is 0 Å². The van der Waals surface area contributed by atoms with Crippen molar-refractivity contribution in [1.29, 1.82) is 0 Å². The van der Waals surface area contributed by atoms with Crippen LogP contribution in [0.4, 0.5) is 4.39 Å². The molecule has 0 bridgehead atoms. The number of benzene rings is 1. The van der Waals surface area contributed by atoms with Crippen molar-refractivity contribution in [2.45, 2.75) is 5.03 Å². The molecule has 0 atom stereocenters. The fourth-order valence-corrected chi connectivity index (χ4v) is 1.66. The fraction of sp³-hybridized carbons (Fsp3) is 0. The van der Waals surface area contributed by atoms with Crippen molar-refractivity contribution in [2.75, 3.05) is 0 Å². The highest BCUT2D eigenvalue weighted by Crippen LogP contribution is 2.24. The SMILES string of the molecule is O=C(O)c1cc(F)ccc1-c1ccc(S)[nH]1. The summed E-state index contributed by atoms with van der Waals surface area (Å²) >= 11 is 4.08. The third-order valence-electron chi connectivity index (χ3n) is 2.17. The minimum atomic E-state index is -1.16. The van der Waals surface area contributed by atoms with E-state index in [2.05, 4.69) is 17.6 Å². The summed E-state index contributed by atoms with van der Waals surface area (Å²) in [4.78, 5) is 13.8. The van der Waals surface area contributed by atoms with Gasteiger partial charge in [-0.1, -0.05) is 0 Å². The van der Waals surface area contributed by atoms with Gasteiger partial charge in [-0.3, -0.25) is 0 Å². The van der Waals surface area contributed by atoms with E-state index in [-0.39, 0.29) is 5.56 Å². The van der Waals surface area contributed by atoms with Gasteiger partial charge in [-0.2, -0.15) is 0 Å². The molecule has 0 spiro atoms. The van der Waals surface area contributed by atoms with Crippen molar-refractivity contribution in [3.63, 3.8) is 0 Å². The molecule has 2 rings (SSSR count). The summed E-state index contributed by atoms with van der Waals surface area (Å²) in [5.74, 6) is -1.73. The highest BCUT2D eigenvalue weighted by Gasteiger charge is 2.13. The molecule has 0 amide bonds. The maximum absolute atomic E-state index is 12.9. The number of nitrogens with one attached hydrogen (secondary N) is 1. The Balaban J connectivity index is 2.60. The summed E-state index contributed by atoms with van der Waals surface area (Å²) in [6.07, 6.45) is 0. The van der Waals surface area contributed by atoms with Gasteiger partial charge in [0.05, 0.1) is 10.6 Å². The van der Waals surface area contributed by atoms with Crippen molar-refractivity contribution in [1.82, 2.24) is 4.98 Å². The van der Waals surface area contributed by atoms with E-state index < -0.39 is 11.8 Å². The van der Waals surface area contributed by atoms with Crippen LogP contribution in [-0.4, -0.2) is 16.1 Å². The quantitative estimate of drug-likeness (QED) is 0.703. The average Bonchev–Trinajstić information content (AvgIpc) is 2.64. The van der Waals surface area contributed by atoms with E-state index in [4.69, 9.17) is 5.11 Å². The minimum absolute atomic E-state index is 0.0739. The van der Waals surface area contributed by atoms with Gasteiger partial charge in [0.25, 0.3) is 0 Å². The standard InChI is InChI=1S/C11H8FNO2S/c12-6-1-2-7(8(5-6)11(14)15)9-3-4-10(16)13-9/h1-5,13,16H,(H,14,15). The largest absolute Gasteiger partial charge is 0.478 e. The second-order valence-electron chi connectivity index (χ2n) is 3.25. The van der Waals surface area contributed by atoms with E-state index in [1.807, 2.05) is 0 Å². The zero-order valence-electron chi connectivity index (χ0n) is 8.07. The molecule has 0 unspecified atom stereocenters. The number of H-pyrrole nitrogens is 1. The number of carboxylic acids is 1. The summed E-state index contributed by atoms with van der Waals surface area (Å²) < 4.78 is 12.9. The highest BCUT2D eigenvalue weighted by atomic mass is 32.1. The van der Waals surface area contributed by atoms with Crippen LogP contribution in [0, 0.1) is 5.82 Å². The Morgan fingerprint density at radius 2 is 2.06 bits per heavy atom. The highest BCUT2D eigenvalue weighted by molar-refractivity contribution is 7.80. The Labute approximate surface area is 96.3 Å². The molecular formula is C11H8FNO2S. The molecule has 1 aromatic heterocycles. The van der Waals surface area contributed by atoms with E-state index in [9.17, 15) is 9.18 Å². The molecule has 0 fully saturated rings. The van der Waals surface area contributed by atoms with Crippen LogP contribution in [0.1, 0.15) is 10.4 Å². The molecule has 0 saturated heterocycles. The van der Waals surface area contributed by atoms with Gasteiger partial charge in [0.15, 0.2) is 0 Å². The Bertz CT molecular complexity index is 551. The average molecular weight is 237 g/mol. The maximum Gasteiger partial charge on any atom is 0.336 e. The minimum Gasteiger partial charge on any atom is -0.478 e. The molecule has 5 heteroatoms. The molecule has 3 nitrogen and oxygen atoms in total. The van der Waals surface area contributed by atoms with Gasteiger partial charge in [-0.15, -0.1) is 12.6 Å². The molecule has 82 valence electrons. The molecule has 16 heavy (non-hydrogen) atoms. The smallest absolute Gasteiger partial charge is 0.336 e. The lowest BCUT2D eigenvalue weighted by atomic mass is 10.0. The predicted octanol–water partition coefficient (Wildman–Crippen LogP) is 2.81. The summed E-state index contributed by atoms with van der Waals surface area (Å²) in [6, 6.07) is 7.05. The van der Waals surface area contributed by atoms with E-state index in [1.165, 1.54) is 12.1 Å². The number of aromatic carboxylic acids is 1. The third kappa shape index (κ3) is 1.94. The maximum atomic E-state index is 12.9. The number of carboxylic acid groups (broad SMARTS) is 1. The van der Waals surface area contributed by atoms with Crippen LogP contribution in [-0.2, 0) is 0 Å². The number of hydrogen-bond donors (Lipinski definition) is 3. The van der Waals surface area contributed by atoms with E-state index in [0.717, 1.165) is 6.07 Å². The number of hydrogen-bond acceptors (Lipinski definition) is 2. The molecule has 2 N–H and O–H groups in total. The molecule has 0 saturated carbocycles. The van der Waals surface area contributed by atoms with Crippen molar-refractivity contribution >= 4 is 18.6 Å². The molecule has 1 aromatic carbocycles. The molecular weight excluding hydrogens is 229 g/mol. The van der Waals surface area contributed by atoms with Gasteiger partial charge >= 0.3 is 5.97 Å². The third-order valence-corrected chi connectivity index (χ3v) is 2.43. The second kappa shape index (κ2) is 4.02. The first-order valence-corrected chi connectivity index (χ1v) is 4.94. The van der Waals surface area contributed by atoms with E-state index in [1.54, 1.807) is 12.1 Å². The number of halogens is 1. The number of aromatic nitrogens is 1. The first-order chi connectivity index (χ1) is 7.58. The summed E-state index contributed by atoms with van der Waals surface area (Å²) in [6.45, 7) is 0. The number of aromatic amines is 1. The lowest BCUT2D eigenvalue weighted by Crippen LogP contribution is -2.00. The van der Waals surface area contributed by atoms with Crippen LogP contribution >= 0.6 is 12.6 Å². The van der Waals surface area contributed by atoms with Crippen LogP contribution in [0.2, 0.25) is 0 Å². The first-order valence-electron chi connectivity index (χ1n) is 4.49. The zero-order valence-corrected chi connectivity index (χ0v) is 8.96. The monoisotopic (exact) mass is 237 g/mol. The lowest BCUT2D eigenvalue weighted by molar-refractivity contribution is 0.0697. The van der Waals surface area contributed by atoms with Crippen molar-refractivity contribution in [3.8, 4) is 11.3 Å². The summed E-state index contributed by atoms with van der Waals surface area (Å²) in [5, 5.41) is 9.58. The molecule has 0 aliphatic heterocycles. The number of thiol groups is 1. The van der Waals surface area contributed by atoms with Crippen molar-refractivity contribution < 1.29 is 14.3 Å². The van der Waals surface area contributed by atoms with Crippen LogP contribution < -0.4 is 0 Å². The van der Waals surface area contributed by atoms with E-state index in [0.29, 0.717) is 16.3 Å². The predicted molar refractivity (Wildman–Crippen MR) is 60.4 cm³/mol. The zero-order chi connectivity index (χ0) is 11.7. The topological polar surface area (TPSA) is 53.1 Å². The van der Waals surface area contributed by atoms with Crippen LogP contribution in [0.25, 0.3) is 11.3 Å². The molecule has 1 heterocycles. The molecule has 0 aliphatic carbocycles. The number of carbonyl (C=O) groups is 1. The molecule has 2 aromatic rings. The Kier molecular flexibility index (Phi) is 2.70. The Morgan fingerprint density at radius 3 is 2.62 bits per heavy atom. The van der Waals surface area contributed by atoms with Gasteiger partial charge in [-0.25, -0.2) is 9.18 Å².